The zero-order valence-corrected chi connectivity index (χ0v) is 11.4. The topological polar surface area (TPSA) is 49.4 Å². The monoisotopic (exact) mass is 252 g/mol. The molecule has 4 nitrogen and oxygen atoms in total. The maximum Gasteiger partial charge on any atom is 0.247 e. The van der Waals surface area contributed by atoms with Gasteiger partial charge >= 0.3 is 0 Å². The van der Waals surface area contributed by atoms with E-state index in [1.807, 2.05) is 0 Å². The molecule has 1 saturated heterocycles. The van der Waals surface area contributed by atoms with Crippen molar-refractivity contribution in [1.29, 1.82) is 0 Å². The van der Waals surface area contributed by atoms with Crippen molar-refractivity contribution in [2.45, 2.75) is 76.9 Å². The Morgan fingerprint density at radius 1 is 1.22 bits per heavy atom. The SMILES string of the molecule is CCC(CC)NC1CC(=O)N(C2CCCC2)C1=O. The van der Waals surface area contributed by atoms with Crippen LogP contribution < -0.4 is 5.32 Å². The molecule has 2 amide bonds. The Balaban J connectivity index is 1.99. The maximum atomic E-state index is 12.3. The van der Waals surface area contributed by atoms with Gasteiger partial charge in [0.1, 0.15) is 0 Å². The number of nitrogens with zero attached hydrogens (tertiary/aromatic N) is 1. The van der Waals surface area contributed by atoms with Crippen LogP contribution in [0, 0.1) is 0 Å². The minimum atomic E-state index is -0.275. The molecule has 1 unspecified atom stereocenters. The van der Waals surface area contributed by atoms with Gasteiger partial charge in [0.25, 0.3) is 0 Å². The molecule has 2 rings (SSSR count). The molecule has 102 valence electrons. The van der Waals surface area contributed by atoms with E-state index >= 15 is 0 Å². The van der Waals surface area contributed by atoms with Crippen molar-refractivity contribution in [3.63, 3.8) is 0 Å². The Bertz CT molecular complexity index is 320. The van der Waals surface area contributed by atoms with Gasteiger partial charge in [-0.15, -0.1) is 0 Å². The van der Waals surface area contributed by atoms with Gasteiger partial charge in [-0.1, -0.05) is 26.7 Å². The normalized spacial score (nSPS) is 25.7. The summed E-state index contributed by atoms with van der Waals surface area (Å²) >= 11 is 0. The zero-order valence-electron chi connectivity index (χ0n) is 11.4. The maximum absolute atomic E-state index is 12.3. The molecule has 0 spiro atoms. The summed E-state index contributed by atoms with van der Waals surface area (Å²) in [5.74, 6) is 0.0363. The summed E-state index contributed by atoms with van der Waals surface area (Å²) in [6.07, 6.45) is 6.63. The Morgan fingerprint density at radius 2 is 1.83 bits per heavy atom. The first-order valence-corrected chi connectivity index (χ1v) is 7.29. The molecule has 0 aromatic rings. The lowest BCUT2D eigenvalue weighted by Crippen LogP contribution is -2.45. The largest absolute Gasteiger partial charge is 0.303 e. The summed E-state index contributed by atoms with van der Waals surface area (Å²) in [5.41, 5.74) is 0. The quantitative estimate of drug-likeness (QED) is 0.759. The van der Waals surface area contributed by atoms with Gasteiger partial charge < -0.3 is 5.32 Å². The number of amides is 2. The van der Waals surface area contributed by atoms with Crippen molar-refractivity contribution in [2.24, 2.45) is 0 Å². The lowest BCUT2D eigenvalue weighted by Gasteiger charge is -2.23. The Hall–Kier alpha value is -0.900. The molecule has 4 heteroatoms. The molecule has 18 heavy (non-hydrogen) atoms. The van der Waals surface area contributed by atoms with Crippen molar-refractivity contribution in [2.75, 3.05) is 0 Å². The van der Waals surface area contributed by atoms with Crippen LogP contribution in [0.3, 0.4) is 0 Å². The molecule has 1 aliphatic carbocycles. The van der Waals surface area contributed by atoms with Crippen LogP contribution in [-0.4, -0.2) is 34.8 Å². The molecule has 0 aromatic heterocycles. The third-order valence-electron chi connectivity index (χ3n) is 4.30. The van der Waals surface area contributed by atoms with Gasteiger partial charge in [-0.05, 0) is 25.7 Å². The second kappa shape index (κ2) is 5.83. The van der Waals surface area contributed by atoms with E-state index in [4.69, 9.17) is 0 Å². The highest BCUT2D eigenvalue weighted by molar-refractivity contribution is 6.05. The predicted molar refractivity (Wildman–Crippen MR) is 70.0 cm³/mol. The predicted octanol–water partition coefficient (Wildman–Crippen LogP) is 1.83. The molecular weight excluding hydrogens is 228 g/mol. The van der Waals surface area contributed by atoms with E-state index < -0.39 is 0 Å². The highest BCUT2D eigenvalue weighted by Crippen LogP contribution is 2.28. The Morgan fingerprint density at radius 3 is 2.39 bits per heavy atom. The van der Waals surface area contributed by atoms with E-state index in [0.29, 0.717) is 12.5 Å². The smallest absolute Gasteiger partial charge is 0.247 e. The standard InChI is InChI=1S/C14H24N2O2/c1-3-10(4-2)15-12-9-13(17)16(14(12)18)11-7-5-6-8-11/h10-12,15H,3-9H2,1-2H3. The molecule has 1 atom stereocenters. The number of hydrogen-bond donors (Lipinski definition) is 1. The minimum absolute atomic E-state index is 0.0128. The average Bonchev–Trinajstić information content (AvgIpc) is 2.95. The second-order valence-electron chi connectivity index (χ2n) is 5.48. The van der Waals surface area contributed by atoms with Gasteiger partial charge in [-0.25, -0.2) is 0 Å². The van der Waals surface area contributed by atoms with Crippen LogP contribution in [-0.2, 0) is 9.59 Å². The lowest BCUT2D eigenvalue weighted by molar-refractivity contribution is -0.141. The van der Waals surface area contributed by atoms with Gasteiger partial charge in [0.15, 0.2) is 0 Å². The molecule has 0 radical (unpaired) electrons. The lowest BCUT2D eigenvalue weighted by atomic mass is 10.1. The number of rotatable bonds is 5. The van der Waals surface area contributed by atoms with Gasteiger partial charge in [-0.3, -0.25) is 14.5 Å². The molecule has 2 fully saturated rings. The fourth-order valence-corrected chi connectivity index (χ4v) is 3.14. The summed E-state index contributed by atoms with van der Waals surface area (Å²) in [7, 11) is 0. The first-order chi connectivity index (χ1) is 8.67. The minimum Gasteiger partial charge on any atom is -0.303 e. The first-order valence-electron chi connectivity index (χ1n) is 7.29. The third kappa shape index (κ3) is 2.58. The van der Waals surface area contributed by atoms with E-state index in [1.54, 1.807) is 4.90 Å². The summed E-state index contributed by atoms with van der Waals surface area (Å²) in [4.78, 5) is 25.9. The fourth-order valence-electron chi connectivity index (χ4n) is 3.14. The van der Waals surface area contributed by atoms with Crippen LogP contribution in [0.2, 0.25) is 0 Å². The van der Waals surface area contributed by atoms with Gasteiger partial charge in [0, 0.05) is 12.1 Å². The first kappa shape index (κ1) is 13.5. The van der Waals surface area contributed by atoms with Crippen molar-refractivity contribution in [1.82, 2.24) is 10.2 Å². The number of nitrogens with one attached hydrogen (secondary N) is 1. The summed E-state index contributed by atoms with van der Waals surface area (Å²) in [6.45, 7) is 4.22. The average molecular weight is 252 g/mol. The highest BCUT2D eigenvalue weighted by atomic mass is 16.2. The number of likely N-dealkylation sites (tertiary alicyclic amines) is 1. The Kier molecular flexibility index (Phi) is 4.38. The van der Waals surface area contributed by atoms with Crippen LogP contribution in [0.5, 0.6) is 0 Å². The van der Waals surface area contributed by atoms with E-state index in [2.05, 4.69) is 19.2 Å². The molecule has 1 heterocycles. The van der Waals surface area contributed by atoms with Crippen molar-refractivity contribution in [3.05, 3.63) is 0 Å². The number of imide groups is 1. The summed E-state index contributed by atoms with van der Waals surface area (Å²) < 4.78 is 0. The molecule has 0 aromatic carbocycles. The van der Waals surface area contributed by atoms with Crippen molar-refractivity contribution in [3.8, 4) is 0 Å². The molecule has 1 saturated carbocycles. The highest BCUT2D eigenvalue weighted by Gasteiger charge is 2.43. The second-order valence-corrected chi connectivity index (χ2v) is 5.48. The van der Waals surface area contributed by atoms with E-state index in [1.165, 1.54) is 0 Å². The van der Waals surface area contributed by atoms with Gasteiger partial charge in [-0.2, -0.15) is 0 Å². The van der Waals surface area contributed by atoms with Crippen LogP contribution in [0.15, 0.2) is 0 Å². The zero-order chi connectivity index (χ0) is 13.1. The van der Waals surface area contributed by atoms with Crippen LogP contribution in [0.1, 0.15) is 58.8 Å². The number of carbonyl (C=O) groups is 2. The van der Waals surface area contributed by atoms with Crippen LogP contribution >= 0.6 is 0 Å². The number of carbonyl (C=O) groups excluding carboxylic acids is 2. The van der Waals surface area contributed by atoms with Crippen molar-refractivity contribution < 1.29 is 9.59 Å². The molecule has 0 bridgehead atoms. The van der Waals surface area contributed by atoms with Crippen LogP contribution in [0.4, 0.5) is 0 Å². The van der Waals surface area contributed by atoms with Crippen molar-refractivity contribution >= 4 is 11.8 Å². The molecule has 1 aliphatic heterocycles. The Labute approximate surface area is 109 Å². The molecule has 1 N–H and O–H groups in total. The van der Waals surface area contributed by atoms with E-state index in [9.17, 15) is 9.59 Å². The fraction of sp³-hybridized carbons (Fsp3) is 0.857. The molecule has 2 aliphatic rings. The van der Waals surface area contributed by atoms with Crippen LogP contribution in [0.25, 0.3) is 0 Å². The van der Waals surface area contributed by atoms with E-state index in [0.717, 1.165) is 38.5 Å². The number of hydrogen-bond acceptors (Lipinski definition) is 3. The third-order valence-corrected chi connectivity index (χ3v) is 4.30. The summed E-state index contributed by atoms with van der Waals surface area (Å²) in [5, 5.41) is 3.34. The van der Waals surface area contributed by atoms with E-state index in [-0.39, 0.29) is 23.9 Å². The van der Waals surface area contributed by atoms with Gasteiger partial charge in [0.05, 0.1) is 12.5 Å². The molecular formula is C14H24N2O2. The van der Waals surface area contributed by atoms with Gasteiger partial charge in [0.2, 0.25) is 11.8 Å². The summed E-state index contributed by atoms with van der Waals surface area (Å²) in [6, 6.07) is 0.247.